The number of phenols is 1. The summed E-state index contributed by atoms with van der Waals surface area (Å²) in [6.45, 7) is 0.319. The maximum Gasteiger partial charge on any atom is 0.254 e. The monoisotopic (exact) mass is 303 g/mol. The normalized spacial score (nSPS) is 17.0. The van der Waals surface area contributed by atoms with E-state index in [1.54, 1.807) is 12.1 Å². The molecule has 2 heterocycles. The summed E-state index contributed by atoms with van der Waals surface area (Å²) in [5.41, 5.74) is 0.386. The molecule has 0 saturated carbocycles. The van der Waals surface area contributed by atoms with Crippen molar-refractivity contribution < 1.29 is 9.90 Å². The smallest absolute Gasteiger partial charge is 0.254 e. The van der Waals surface area contributed by atoms with Crippen molar-refractivity contribution in [3.8, 4) is 5.75 Å². The molecule has 2 aromatic rings. The highest BCUT2D eigenvalue weighted by atomic mass is 32.2. The maximum absolute atomic E-state index is 12.3. The first-order chi connectivity index (χ1) is 10.1. The summed E-state index contributed by atoms with van der Waals surface area (Å²) in [4.78, 5) is 28.2. The number of nitrogens with zero attached hydrogens (tertiary/aromatic N) is 2. The number of benzene rings is 1. The van der Waals surface area contributed by atoms with Gasteiger partial charge in [-0.05, 0) is 12.1 Å². The third-order valence-electron chi connectivity index (χ3n) is 3.20. The molecule has 1 atom stereocenters. The van der Waals surface area contributed by atoms with E-state index in [0.29, 0.717) is 23.1 Å². The van der Waals surface area contributed by atoms with E-state index in [4.69, 9.17) is 0 Å². The summed E-state index contributed by atoms with van der Waals surface area (Å²) < 4.78 is 1.51. The lowest BCUT2D eigenvalue weighted by Gasteiger charge is -2.23. The van der Waals surface area contributed by atoms with Gasteiger partial charge in [-0.25, -0.2) is 4.98 Å². The topological polar surface area (TPSA) is 84.2 Å². The lowest BCUT2D eigenvalue weighted by atomic mass is 10.1. The molecular weight excluding hydrogens is 290 g/mol. The molecular formula is C14H13N3O3S. The summed E-state index contributed by atoms with van der Waals surface area (Å²) >= 11 is 1.39. The summed E-state index contributed by atoms with van der Waals surface area (Å²) in [6.07, 6.45) is 1.48. The first-order valence-electron chi connectivity index (χ1n) is 6.42. The number of thioether (sulfide) groups is 1. The van der Waals surface area contributed by atoms with Crippen LogP contribution in [0.3, 0.4) is 0 Å². The number of aromatic nitrogens is 2. The number of rotatable bonds is 2. The van der Waals surface area contributed by atoms with E-state index in [9.17, 15) is 14.7 Å². The molecule has 1 unspecified atom stereocenters. The van der Waals surface area contributed by atoms with Crippen LogP contribution in [0.2, 0.25) is 0 Å². The standard InChI is InChI=1S/C14H13N3O3S/c18-11-3-1-2-10(6-11)16-13(20)9-7-17-12(19)4-5-15-14(17)21-8-9/h1-6,9,18H,7-8H2,(H,16,20). The molecule has 3 rings (SSSR count). The van der Waals surface area contributed by atoms with Gasteiger partial charge in [0.2, 0.25) is 5.91 Å². The molecule has 1 aliphatic rings. The number of carbonyl (C=O) groups is 1. The fourth-order valence-electron chi connectivity index (χ4n) is 2.14. The fourth-order valence-corrected chi connectivity index (χ4v) is 3.20. The lowest BCUT2D eigenvalue weighted by Crippen LogP contribution is -2.36. The van der Waals surface area contributed by atoms with E-state index in [2.05, 4.69) is 10.3 Å². The predicted molar refractivity (Wildman–Crippen MR) is 79.4 cm³/mol. The van der Waals surface area contributed by atoms with E-state index in [1.165, 1.54) is 40.7 Å². The summed E-state index contributed by atoms with van der Waals surface area (Å²) in [5, 5.41) is 12.8. The van der Waals surface area contributed by atoms with Crippen LogP contribution in [0.25, 0.3) is 0 Å². The second-order valence-electron chi connectivity index (χ2n) is 4.72. The number of amides is 1. The van der Waals surface area contributed by atoms with Gasteiger partial charge in [-0.2, -0.15) is 0 Å². The van der Waals surface area contributed by atoms with Gasteiger partial charge >= 0.3 is 0 Å². The fraction of sp³-hybridized carbons (Fsp3) is 0.214. The van der Waals surface area contributed by atoms with Gasteiger partial charge in [0.25, 0.3) is 5.56 Å². The van der Waals surface area contributed by atoms with Crippen LogP contribution in [0, 0.1) is 5.92 Å². The zero-order chi connectivity index (χ0) is 14.8. The van der Waals surface area contributed by atoms with Gasteiger partial charge in [0.1, 0.15) is 5.75 Å². The Morgan fingerprint density at radius 1 is 1.43 bits per heavy atom. The van der Waals surface area contributed by atoms with E-state index in [1.807, 2.05) is 0 Å². The Morgan fingerprint density at radius 3 is 3.10 bits per heavy atom. The zero-order valence-corrected chi connectivity index (χ0v) is 11.8. The molecule has 7 heteroatoms. The Morgan fingerprint density at radius 2 is 2.29 bits per heavy atom. The number of hydrogen-bond acceptors (Lipinski definition) is 5. The van der Waals surface area contributed by atoms with Crippen molar-refractivity contribution in [1.82, 2.24) is 9.55 Å². The van der Waals surface area contributed by atoms with Crippen molar-refractivity contribution in [3.05, 3.63) is 46.9 Å². The van der Waals surface area contributed by atoms with Gasteiger partial charge in [-0.3, -0.25) is 14.2 Å². The van der Waals surface area contributed by atoms with Crippen molar-refractivity contribution in [2.45, 2.75) is 11.7 Å². The number of aromatic hydroxyl groups is 1. The van der Waals surface area contributed by atoms with E-state index < -0.39 is 0 Å². The molecule has 2 N–H and O–H groups in total. The SMILES string of the molecule is O=C(Nc1cccc(O)c1)C1CSc2nccc(=O)n2C1. The lowest BCUT2D eigenvalue weighted by molar-refractivity contribution is -0.119. The van der Waals surface area contributed by atoms with Crippen LogP contribution in [0.5, 0.6) is 5.75 Å². The Bertz CT molecular complexity index is 744. The average Bonchev–Trinajstić information content (AvgIpc) is 2.47. The van der Waals surface area contributed by atoms with Crippen LogP contribution in [-0.2, 0) is 11.3 Å². The highest BCUT2D eigenvalue weighted by Crippen LogP contribution is 2.25. The highest BCUT2D eigenvalue weighted by molar-refractivity contribution is 7.99. The van der Waals surface area contributed by atoms with Crippen LogP contribution in [-0.4, -0.2) is 26.3 Å². The van der Waals surface area contributed by atoms with Crippen molar-refractivity contribution >= 4 is 23.4 Å². The molecule has 6 nitrogen and oxygen atoms in total. The third-order valence-corrected chi connectivity index (χ3v) is 4.35. The Kier molecular flexibility index (Phi) is 3.66. The molecule has 108 valence electrons. The number of carbonyl (C=O) groups excluding carboxylic acids is 1. The number of nitrogens with one attached hydrogen (secondary N) is 1. The first-order valence-corrected chi connectivity index (χ1v) is 7.40. The second kappa shape index (κ2) is 5.61. The number of anilines is 1. The molecule has 0 fully saturated rings. The molecule has 1 aromatic heterocycles. The quantitative estimate of drug-likeness (QED) is 0.817. The molecule has 0 saturated heterocycles. The van der Waals surface area contributed by atoms with Crippen LogP contribution < -0.4 is 10.9 Å². The van der Waals surface area contributed by atoms with Gasteiger partial charge in [0, 0.05) is 36.3 Å². The van der Waals surface area contributed by atoms with Crippen LogP contribution in [0.1, 0.15) is 0 Å². The molecule has 0 bridgehead atoms. The van der Waals surface area contributed by atoms with Crippen molar-refractivity contribution in [1.29, 1.82) is 0 Å². The molecule has 0 spiro atoms. The third kappa shape index (κ3) is 2.92. The van der Waals surface area contributed by atoms with Gasteiger partial charge in [0.15, 0.2) is 5.16 Å². The average molecular weight is 303 g/mol. The largest absolute Gasteiger partial charge is 0.508 e. The Balaban J connectivity index is 1.75. The number of hydrogen-bond donors (Lipinski definition) is 2. The van der Waals surface area contributed by atoms with Crippen molar-refractivity contribution in [2.75, 3.05) is 11.1 Å². The van der Waals surface area contributed by atoms with E-state index >= 15 is 0 Å². The Labute approximate surface area is 124 Å². The Hall–Kier alpha value is -2.28. The minimum atomic E-state index is -0.313. The van der Waals surface area contributed by atoms with Gasteiger partial charge in [-0.1, -0.05) is 17.8 Å². The zero-order valence-electron chi connectivity index (χ0n) is 11.0. The molecule has 21 heavy (non-hydrogen) atoms. The summed E-state index contributed by atoms with van der Waals surface area (Å²) in [7, 11) is 0. The van der Waals surface area contributed by atoms with Gasteiger partial charge in [-0.15, -0.1) is 0 Å². The van der Waals surface area contributed by atoms with Gasteiger partial charge in [0.05, 0.1) is 5.92 Å². The second-order valence-corrected chi connectivity index (χ2v) is 5.71. The minimum Gasteiger partial charge on any atom is -0.508 e. The maximum atomic E-state index is 12.3. The van der Waals surface area contributed by atoms with E-state index in [-0.39, 0.29) is 23.1 Å². The van der Waals surface area contributed by atoms with E-state index in [0.717, 1.165) is 0 Å². The van der Waals surface area contributed by atoms with Gasteiger partial charge < -0.3 is 10.4 Å². The van der Waals surface area contributed by atoms with Crippen molar-refractivity contribution in [2.24, 2.45) is 5.92 Å². The first kappa shape index (κ1) is 13.7. The number of fused-ring (bicyclic) bond motifs is 1. The molecule has 1 amide bonds. The summed E-state index contributed by atoms with van der Waals surface area (Å²) in [6, 6.07) is 7.77. The minimum absolute atomic E-state index is 0.0941. The predicted octanol–water partition coefficient (Wildman–Crippen LogP) is 1.31. The van der Waals surface area contributed by atoms with Crippen LogP contribution in [0.4, 0.5) is 5.69 Å². The molecule has 1 aromatic carbocycles. The molecule has 0 radical (unpaired) electrons. The number of phenolic OH excluding ortho intramolecular Hbond substituents is 1. The molecule has 0 aliphatic carbocycles. The van der Waals surface area contributed by atoms with Crippen LogP contribution >= 0.6 is 11.8 Å². The van der Waals surface area contributed by atoms with Crippen molar-refractivity contribution in [3.63, 3.8) is 0 Å². The summed E-state index contributed by atoms with van der Waals surface area (Å²) in [5.74, 6) is 0.180. The van der Waals surface area contributed by atoms with Crippen LogP contribution in [0.15, 0.2) is 46.5 Å². The highest BCUT2D eigenvalue weighted by Gasteiger charge is 2.26. The molecule has 1 aliphatic heterocycles.